The molecule has 0 radical (unpaired) electrons. The number of hydrogen-bond donors (Lipinski definition) is 0. The van der Waals surface area contributed by atoms with Gasteiger partial charge in [-0.05, 0) is 49.6 Å². The monoisotopic (exact) mass is 332 g/mol. The number of aryl methyl sites for hydroxylation is 1. The summed E-state index contributed by atoms with van der Waals surface area (Å²) in [6, 6.07) is 7.08. The smallest absolute Gasteiger partial charge is 0.329 e. The van der Waals surface area contributed by atoms with Crippen molar-refractivity contribution in [2.24, 2.45) is 0 Å². The van der Waals surface area contributed by atoms with Gasteiger partial charge in [0.25, 0.3) is 0 Å². The minimum absolute atomic E-state index is 0.461. The standard InChI is InChI=1S/C18H21ClN2O2/c1-3-4-5-6-14-11-20-17(21-12-14)15-7-9-16(10-8-15)23-18(22)13(2)19/h7-13H,3-6H2,1-2H3/t13-/m1/s1. The fraction of sp³-hybridized carbons (Fsp3) is 0.389. The number of halogens is 1. The molecule has 0 N–H and O–H groups in total. The van der Waals surface area contributed by atoms with Crippen LogP contribution in [0.15, 0.2) is 36.7 Å². The zero-order valence-corrected chi connectivity index (χ0v) is 14.2. The topological polar surface area (TPSA) is 52.1 Å². The van der Waals surface area contributed by atoms with E-state index in [0.717, 1.165) is 24.0 Å². The fourth-order valence-electron chi connectivity index (χ4n) is 2.08. The van der Waals surface area contributed by atoms with Crippen molar-refractivity contribution in [2.75, 3.05) is 0 Å². The maximum absolute atomic E-state index is 11.4. The first-order chi connectivity index (χ1) is 11.1. The SMILES string of the molecule is CCCCCc1cnc(-c2ccc(OC(=O)[C@@H](C)Cl)cc2)nc1. The lowest BCUT2D eigenvalue weighted by atomic mass is 10.1. The summed E-state index contributed by atoms with van der Waals surface area (Å²) in [6.45, 7) is 3.77. The van der Waals surface area contributed by atoms with Crippen molar-refractivity contribution in [3.8, 4) is 17.1 Å². The number of benzene rings is 1. The number of hydrogen-bond acceptors (Lipinski definition) is 4. The van der Waals surface area contributed by atoms with Gasteiger partial charge in [0.05, 0.1) is 0 Å². The van der Waals surface area contributed by atoms with E-state index in [-0.39, 0.29) is 0 Å². The molecule has 0 saturated heterocycles. The van der Waals surface area contributed by atoms with Crippen LogP contribution in [-0.2, 0) is 11.2 Å². The second-order valence-corrected chi connectivity index (χ2v) is 6.09. The number of aromatic nitrogens is 2. The van der Waals surface area contributed by atoms with E-state index in [0.29, 0.717) is 11.6 Å². The quantitative estimate of drug-likeness (QED) is 0.326. The van der Waals surface area contributed by atoms with Gasteiger partial charge >= 0.3 is 5.97 Å². The van der Waals surface area contributed by atoms with Crippen LogP contribution in [0.3, 0.4) is 0 Å². The van der Waals surface area contributed by atoms with Gasteiger partial charge in [0, 0.05) is 18.0 Å². The normalized spacial score (nSPS) is 12.0. The summed E-state index contributed by atoms with van der Waals surface area (Å²) in [5.41, 5.74) is 2.03. The van der Waals surface area contributed by atoms with E-state index >= 15 is 0 Å². The van der Waals surface area contributed by atoms with Gasteiger partial charge in [-0.25, -0.2) is 9.97 Å². The molecule has 0 unspecified atom stereocenters. The molecule has 0 fully saturated rings. The summed E-state index contributed by atoms with van der Waals surface area (Å²) >= 11 is 5.67. The van der Waals surface area contributed by atoms with Crippen LogP contribution < -0.4 is 4.74 Å². The van der Waals surface area contributed by atoms with Gasteiger partial charge in [0.2, 0.25) is 0 Å². The highest BCUT2D eigenvalue weighted by atomic mass is 35.5. The molecule has 2 aromatic rings. The highest BCUT2D eigenvalue weighted by molar-refractivity contribution is 6.29. The molecule has 5 heteroatoms. The van der Waals surface area contributed by atoms with Crippen LogP contribution in [-0.4, -0.2) is 21.3 Å². The minimum Gasteiger partial charge on any atom is -0.425 e. The molecule has 0 aliphatic carbocycles. The third-order valence-electron chi connectivity index (χ3n) is 3.43. The van der Waals surface area contributed by atoms with E-state index in [2.05, 4.69) is 16.9 Å². The average Bonchev–Trinajstić information content (AvgIpc) is 2.56. The van der Waals surface area contributed by atoms with Crippen LogP contribution in [0, 0.1) is 0 Å². The molecule has 1 aromatic heterocycles. The number of esters is 1. The first-order valence-electron chi connectivity index (χ1n) is 7.87. The molecule has 0 saturated carbocycles. The number of carbonyl (C=O) groups excluding carboxylic acids is 1. The first kappa shape index (κ1) is 17.4. The predicted octanol–water partition coefficient (Wildman–Crippen LogP) is 4.41. The summed E-state index contributed by atoms with van der Waals surface area (Å²) in [4.78, 5) is 20.2. The molecular formula is C18H21ClN2O2. The van der Waals surface area contributed by atoms with Crippen molar-refractivity contribution in [3.63, 3.8) is 0 Å². The second kappa shape index (κ2) is 8.63. The van der Waals surface area contributed by atoms with Gasteiger partial charge in [-0.3, -0.25) is 4.79 Å². The fourth-order valence-corrected chi connectivity index (χ4v) is 2.13. The van der Waals surface area contributed by atoms with Gasteiger partial charge in [0.15, 0.2) is 5.82 Å². The zero-order chi connectivity index (χ0) is 16.7. The molecule has 1 aromatic carbocycles. The van der Waals surface area contributed by atoms with E-state index < -0.39 is 11.3 Å². The molecule has 4 nitrogen and oxygen atoms in total. The zero-order valence-electron chi connectivity index (χ0n) is 13.5. The van der Waals surface area contributed by atoms with Gasteiger partial charge in [-0.2, -0.15) is 0 Å². The Bertz CT molecular complexity index is 624. The number of unbranched alkanes of at least 4 members (excludes halogenated alkanes) is 2. The predicted molar refractivity (Wildman–Crippen MR) is 91.6 cm³/mol. The maximum Gasteiger partial charge on any atom is 0.329 e. The van der Waals surface area contributed by atoms with E-state index in [1.165, 1.54) is 12.8 Å². The van der Waals surface area contributed by atoms with E-state index in [4.69, 9.17) is 16.3 Å². The Hall–Kier alpha value is -1.94. The molecule has 0 bridgehead atoms. The third kappa shape index (κ3) is 5.32. The summed E-state index contributed by atoms with van der Waals surface area (Å²) < 4.78 is 5.13. The van der Waals surface area contributed by atoms with Gasteiger partial charge in [-0.15, -0.1) is 11.6 Å². The molecule has 1 atom stereocenters. The minimum atomic E-state index is -0.668. The Morgan fingerprint density at radius 1 is 1.17 bits per heavy atom. The molecule has 23 heavy (non-hydrogen) atoms. The number of rotatable bonds is 7. The molecule has 2 rings (SSSR count). The molecular weight excluding hydrogens is 312 g/mol. The summed E-state index contributed by atoms with van der Waals surface area (Å²) in [5.74, 6) is 0.655. The van der Waals surface area contributed by atoms with Crippen LogP contribution >= 0.6 is 11.6 Å². The van der Waals surface area contributed by atoms with Crippen LogP contribution in [0.1, 0.15) is 38.7 Å². The number of ether oxygens (including phenoxy) is 1. The Labute approximate surface area is 141 Å². The van der Waals surface area contributed by atoms with Crippen molar-refractivity contribution in [3.05, 3.63) is 42.2 Å². The van der Waals surface area contributed by atoms with E-state index in [9.17, 15) is 4.79 Å². The van der Waals surface area contributed by atoms with Crippen molar-refractivity contribution in [2.45, 2.75) is 44.9 Å². The average molecular weight is 333 g/mol. The first-order valence-corrected chi connectivity index (χ1v) is 8.31. The van der Waals surface area contributed by atoms with Crippen molar-refractivity contribution in [1.82, 2.24) is 9.97 Å². The largest absolute Gasteiger partial charge is 0.425 e. The highest BCUT2D eigenvalue weighted by Crippen LogP contribution is 2.20. The molecule has 122 valence electrons. The third-order valence-corrected chi connectivity index (χ3v) is 3.61. The van der Waals surface area contributed by atoms with Crippen LogP contribution in [0.5, 0.6) is 5.75 Å². The van der Waals surface area contributed by atoms with Crippen LogP contribution in [0.25, 0.3) is 11.4 Å². The van der Waals surface area contributed by atoms with Gasteiger partial charge < -0.3 is 4.74 Å². The summed E-state index contributed by atoms with van der Waals surface area (Å²) in [7, 11) is 0. The Morgan fingerprint density at radius 2 is 1.83 bits per heavy atom. The lowest BCUT2D eigenvalue weighted by Gasteiger charge is -2.06. The maximum atomic E-state index is 11.4. The number of alkyl halides is 1. The Kier molecular flexibility index (Phi) is 6.53. The van der Waals surface area contributed by atoms with Gasteiger partial charge in [-0.1, -0.05) is 19.8 Å². The summed E-state index contributed by atoms with van der Waals surface area (Å²) in [6.07, 6.45) is 8.36. The summed E-state index contributed by atoms with van der Waals surface area (Å²) in [5, 5.41) is -0.668. The number of carbonyl (C=O) groups is 1. The lowest BCUT2D eigenvalue weighted by Crippen LogP contribution is -2.17. The Balaban J connectivity index is 2.00. The molecule has 0 aliphatic heterocycles. The molecule has 0 aliphatic rings. The van der Waals surface area contributed by atoms with Gasteiger partial charge in [0.1, 0.15) is 11.1 Å². The number of nitrogens with zero attached hydrogens (tertiary/aromatic N) is 2. The second-order valence-electron chi connectivity index (χ2n) is 5.43. The molecule has 1 heterocycles. The van der Waals surface area contributed by atoms with Crippen LogP contribution in [0.4, 0.5) is 0 Å². The van der Waals surface area contributed by atoms with E-state index in [1.54, 1.807) is 19.1 Å². The molecule has 0 spiro atoms. The van der Waals surface area contributed by atoms with Crippen LogP contribution in [0.2, 0.25) is 0 Å². The lowest BCUT2D eigenvalue weighted by molar-refractivity contribution is -0.133. The highest BCUT2D eigenvalue weighted by Gasteiger charge is 2.12. The van der Waals surface area contributed by atoms with Crippen molar-refractivity contribution >= 4 is 17.6 Å². The van der Waals surface area contributed by atoms with Crippen molar-refractivity contribution < 1.29 is 9.53 Å². The molecule has 0 amide bonds. The Morgan fingerprint density at radius 3 is 2.39 bits per heavy atom. The van der Waals surface area contributed by atoms with Crippen molar-refractivity contribution in [1.29, 1.82) is 0 Å². The van der Waals surface area contributed by atoms with E-state index in [1.807, 2.05) is 24.5 Å².